The van der Waals surface area contributed by atoms with Crippen LogP contribution >= 0.6 is 11.6 Å². The number of aromatic nitrogens is 1. The van der Waals surface area contributed by atoms with Crippen LogP contribution < -0.4 is 10.1 Å². The molecule has 0 radical (unpaired) electrons. The molecule has 4 aromatic rings. The molecule has 4 nitrogen and oxygen atoms in total. The number of para-hydroxylation sites is 1. The van der Waals surface area contributed by atoms with Gasteiger partial charge in [-0.2, -0.15) is 8.78 Å². The van der Waals surface area contributed by atoms with Gasteiger partial charge in [0.05, 0.1) is 0 Å². The molecule has 0 fully saturated rings. The number of hydrogen-bond acceptors (Lipinski definition) is 2. The normalized spacial score (nSPS) is 12.4. The third kappa shape index (κ3) is 5.59. The van der Waals surface area contributed by atoms with E-state index in [0.717, 1.165) is 22.0 Å². The molecule has 3 aromatic carbocycles. The lowest BCUT2D eigenvalue weighted by Crippen LogP contribution is -2.27. The van der Waals surface area contributed by atoms with Gasteiger partial charge in [-0.1, -0.05) is 60.1 Å². The maximum Gasteiger partial charge on any atom is 0.387 e. The molecule has 0 bridgehead atoms. The van der Waals surface area contributed by atoms with E-state index in [2.05, 4.69) is 15.0 Å². The van der Waals surface area contributed by atoms with Crippen LogP contribution in [0.4, 0.5) is 8.78 Å². The molecule has 0 saturated carbocycles. The van der Waals surface area contributed by atoms with Crippen LogP contribution in [0.3, 0.4) is 0 Å². The summed E-state index contributed by atoms with van der Waals surface area (Å²) in [6.45, 7) is -2.53. The third-order valence-electron chi connectivity index (χ3n) is 5.29. The Morgan fingerprint density at radius 2 is 1.73 bits per heavy atom. The molecular weight excluding hydrogens is 446 g/mol. The number of amides is 1. The topological polar surface area (TPSA) is 54.1 Å². The van der Waals surface area contributed by atoms with Gasteiger partial charge in [0.1, 0.15) is 5.75 Å². The zero-order valence-corrected chi connectivity index (χ0v) is 18.2. The molecule has 1 amide bonds. The summed E-state index contributed by atoms with van der Waals surface area (Å²) in [6, 6.07) is 21.6. The largest absolute Gasteiger partial charge is 0.435 e. The van der Waals surface area contributed by atoms with Crippen LogP contribution in [0.2, 0.25) is 5.02 Å². The smallest absolute Gasteiger partial charge is 0.387 e. The molecule has 0 spiro atoms. The molecule has 1 aromatic heterocycles. The summed E-state index contributed by atoms with van der Waals surface area (Å²) < 4.78 is 28.8. The highest BCUT2D eigenvalue weighted by atomic mass is 35.5. The standard InChI is InChI=1S/C26H21ClF2N2O2/c27-23-7-3-1-5-19(23)21(22-15-30-24-8-4-2-6-20(22)24)16-31-25(32)14-11-17-9-12-18(13-10-17)33-26(28)29/h1-15,21,26,30H,16H2,(H,31,32)/b14-11+/t21-/m0/s1. The highest BCUT2D eigenvalue weighted by Crippen LogP contribution is 2.34. The summed E-state index contributed by atoms with van der Waals surface area (Å²) in [7, 11) is 0. The average Bonchev–Trinajstić information content (AvgIpc) is 3.23. The van der Waals surface area contributed by atoms with E-state index in [4.69, 9.17) is 11.6 Å². The van der Waals surface area contributed by atoms with Gasteiger partial charge in [0.2, 0.25) is 5.91 Å². The Bertz CT molecular complexity index is 1270. The number of carbonyl (C=O) groups excluding carboxylic acids is 1. The summed E-state index contributed by atoms with van der Waals surface area (Å²) in [4.78, 5) is 15.8. The highest BCUT2D eigenvalue weighted by Gasteiger charge is 2.20. The van der Waals surface area contributed by atoms with Gasteiger partial charge < -0.3 is 15.0 Å². The molecule has 1 heterocycles. The zero-order chi connectivity index (χ0) is 23.2. The van der Waals surface area contributed by atoms with E-state index in [1.54, 1.807) is 18.2 Å². The predicted molar refractivity (Wildman–Crippen MR) is 127 cm³/mol. The van der Waals surface area contributed by atoms with E-state index < -0.39 is 6.61 Å². The van der Waals surface area contributed by atoms with Crippen molar-refractivity contribution in [3.63, 3.8) is 0 Å². The van der Waals surface area contributed by atoms with Crippen LogP contribution in [0, 0.1) is 0 Å². The lowest BCUT2D eigenvalue weighted by molar-refractivity contribution is -0.116. The van der Waals surface area contributed by atoms with Crippen molar-refractivity contribution in [2.45, 2.75) is 12.5 Å². The molecule has 2 N–H and O–H groups in total. The molecule has 0 aliphatic carbocycles. The first kappa shape index (κ1) is 22.6. The monoisotopic (exact) mass is 466 g/mol. The Labute approximate surface area is 194 Å². The second-order valence-corrected chi connectivity index (χ2v) is 7.80. The Morgan fingerprint density at radius 3 is 2.48 bits per heavy atom. The number of carbonyl (C=O) groups is 1. The summed E-state index contributed by atoms with van der Waals surface area (Å²) in [5.74, 6) is -0.370. The number of alkyl halides is 2. The van der Waals surface area contributed by atoms with E-state index in [-0.39, 0.29) is 17.6 Å². The molecule has 0 aliphatic rings. The number of hydrogen-bond donors (Lipinski definition) is 2. The Morgan fingerprint density at radius 1 is 1.00 bits per heavy atom. The second-order valence-electron chi connectivity index (χ2n) is 7.39. The van der Waals surface area contributed by atoms with Crippen molar-refractivity contribution in [1.82, 2.24) is 10.3 Å². The van der Waals surface area contributed by atoms with Gasteiger partial charge in [0, 0.05) is 40.7 Å². The van der Waals surface area contributed by atoms with E-state index in [1.165, 1.54) is 18.2 Å². The van der Waals surface area contributed by atoms with Crippen LogP contribution in [-0.2, 0) is 4.79 Å². The van der Waals surface area contributed by atoms with Crippen LogP contribution in [0.5, 0.6) is 5.75 Å². The Balaban J connectivity index is 1.50. The summed E-state index contributed by atoms with van der Waals surface area (Å²) >= 11 is 6.49. The van der Waals surface area contributed by atoms with Gasteiger partial charge in [-0.3, -0.25) is 4.79 Å². The fraction of sp³-hybridized carbons (Fsp3) is 0.115. The Hall–Kier alpha value is -3.64. The summed E-state index contributed by atoms with van der Waals surface area (Å²) in [5, 5.41) is 4.64. The van der Waals surface area contributed by atoms with E-state index in [0.29, 0.717) is 17.1 Å². The third-order valence-corrected chi connectivity index (χ3v) is 5.63. The Kier molecular flexibility index (Phi) is 7.05. The zero-order valence-electron chi connectivity index (χ0n) is 17.5. The van der Waals surface area contributed by atoms with Gasteiger partial charge in [-0.15, -0.1) is 0 Å². The highest BCUT2D eigenvalue weighted by molar-refractivity contribution is 6.31. The number of halogens is 3. The molecule has 1 atom stereocenters. The number of rotatable bonds is 8. The molecule has 7 heteroatoms. The summed E-state index contributed by atoms with van der Waals surface area (Å²) in [6.07, 6.45) is 4.96. The number of nitrogens with one attached hydrogen (secondary N) is 2. The first-order valence-electron chi connectivity index (χ1n) is 10.3. The minimum Gasteiger partial charge on any atom is -0.435 e. The number of H-pyrrole nitrogens is 1. The number of benzene rings is 3. The van der Waals surface area contributed by atoms with Crippen LogP contribution in [0.1, 0.15) is 22.6 Å². The van der Waals surface area contributed by atoms with Gasteiger partial charge >= 0.3 is 6.61 Å². The average molecular weight is 467 g/mol. The quantitative estimate of drug-likeness (QED) is 0.296. The molecule has 0 aliphatic heterocycles. The fourth-order valence-electron chi connectivity index (χ4n) is 3.72. The van der Waals surface area contributed by atoms with Crippen molar-refractivity contribution in [3.05, 3.63) is 107 Å². The SMILES string of the molecule is O=C(/C=C/c1ccc(OC(F)F)cc1)NC[C@@H](c1ccccc1Cl)c1c[nH]c2ccccc12. The van der Waals surface area contributed by atoms with E-state index in [9.17, 15) is 13.6 Å². The fourth-order valence-corrected chi connectivity index (χ4v) is 3.99. The van der Waals surface area contributed by atoms with Crippen LogP contribution in [0.15, 0.2) is 85.1 Å². The number of ether oxygens (including phenoxy) is 1. The van der Waals surface area contributed by atoms with E-state index in [1.807, 2.05) is 54.7 Å². The van der Waals surface area contributed by atoms with E-state index >= 15 is 0 Å². The summed E-state index contributed by atoms with van der Waals surface area (Å²) in [5.41, 5.74) is 3.65. The molecule has 168 valence electrons. The van der Waals surface area contributed by atoms with Crippen molar-refractivity contribution in [2.75, 3.05) is 6.54 Å². The number of fused-ring (bicyclic) bond motifs is 1. The van der Waals surface area contributed by atoms with Crippen molar-refractivity contribution in [2.24, 2.45) is 0 Å². The first-order valence-corrected chi connectivity index (χ1v) is 10.7. The first-order chi connectivity index (χ1) is 16.0. The van der Waals surface area contributed by atoms with Crippen molar-refractivity contribution >= 4 is 34.5 Å². The van der Waals surface area contributed by atoms with Gasteiger partial charge in [-0.25, -0.2) is 0 Å². The van der Waals surface area contributed by atoms with Crippen molar-refractivity contribution in [1.29, 1.82) is 0 Å². The molecular formula is C26H21ClF2N2O2. The minimum atomic E-state index is -2.87. The predicted octanol–water partition coefficient (Wildman–Crippen LogP) is 6.38. The maximum absolute atomic E-state index is 12.5. The number of aromatic amines is 1. The van der Waals surface area contributed by atoms with Crippen molar-refractivity contribution in [3.8, 4) is 5.75 Å². The minimum absolute atomic E-state index is 0.0629. The molecule has 33 heavy (non-hydrogen) atoms. The lowest BCUT2D eigenvalue weighted by Gasteiger charge is -2.19. The maximum atomic E-state index is 12.5. The molecule has 4 rings (SSSR count). The van der Waals surface area contributed by atoms with Crippen molar-refractivity contribution < 1.29 is 18.3 Å². The van der Waals surface area contributed by atoms with Crippen LogP contribution in [0.25, 0.3) is 17.0 Å². The molecule has 0 unspecified atom stereocenters. The van der Waals surface area contributed by atoms with Gasteiger partial charge in [0.15, 0.2) is 0 Å². The lowest BCUT2D eigenvalue weighted by atomic mass is 9.90. The second kappa shape index (κ2) is 10.3. The van der Waals surface area contributed by atoms with Gasteiger partial charge in [-0.05, 0) is 47.0 Å². The molecule has 0 saturated heterocycles. The van der Waals surface area contributed by atoms with Crippen LogP contribution in [-0.4, -0.2) is 24.0 Å². The van der Waals surface area contributed by atoms with Gasteiger partial charge in [0.25, 0.3) is 0 Å².